The van der Waals surface area contributed by atoms with E-state index < -0.39 is 15.9 Å². The van der Waals surface area contributed by atoms with E-state index in [-0.39, 0.29) is 24.6 Å². The van der Waals surface area contributed by atoms with Crippen LogP contribution in [0.2, 0.25) is 0 Å². The number of nitrogens with one attached hydrogen (secondary N) is 1. The lowest BCUT2D eigenvalue weighted by Gasteiger charge is -2.25. The summed E-state index contributed by atoms with van der Waals surface area (Å²) < 4.78 is 33.6. The Bertz CT molecular complexity index is 1200. The van der Waals surface area contributed by atoms with Crippen LogP contribution in [0, 0.1) is 27.7 Å². The highest BCUT2D eigenvalue weighted by molar-refractivity contribution is 7.92. The van der Waals surface area contributed by atoms with E-state index in [2.05, 4.69) is 11.4 Å². The summed E-state index contributed by atoms with van der Waals surface area (Å²) in [6.07, 6.45) is 0. The van der Waals surface area contributed by atoms with Crippen molar-refractivity contribution in [1.29, 1.82) is 0 Å². The summed E-state index contributed by atoms with van der Waals surface area (Å²) in [4.78, 5) is 12.8. The van der Waals surface area contributed by atoms with Crippen molar-refractivity contribution in [2.45, 2.75) is 32.6 Å². The molecule has 0 heterocycles. The normalized spacial score (nSPS) is 11.2. The van der Waals surface area contributed by atoms with E-state index >= 15 is 0 Å². The Hall–Kier alpha value is -3.32. The van der Waals surface area contributed by atoms with Crippen LogP contribution in [0.3, 0.4) is 0 Å². The van der Waals surface area contributed by atoms with Gasteiger partial charge in [-0.1, -0.05) is 30.3 Å². The zero-order chi connectivity index (χ0) is 24.0. The molecule has 3 aromatic rings. The number of ether oxygens (including phenoxy) is 1. The lowest BCUT2D eigenvalue weighted by atomic mass is 10.1. The molecule has 0 radical (unpaired) electrons. The first-order chi connectivity index (χ1) is 15.7. The van der Waals surface area contributed by atoms with Crippen LogP contribution in [0.5, 0.6) is 5.75 Å². The van der Waals surface area contributed by atoms with Crippen molar-refractivity contribution in [3.8, 4) is 5.75 Å². The third-order valence-corrected chi connectivity index (χ3v) is 7.07. The molecule has 1 amide bonds. The second-order valence-electron chi connectivity index (χ2n) is 8.12. The predicted octanol–water partition coefficient (Wildman–Crippen LogP) is 4.31. The van der Waals surface area contributed by atoms with Crippen molar-refractivity contribution in [2.75, 3.05) is 24.0 Å². The van der Waals surface area contributed by atoms with Crippen LogP contribution in [0.25, 0.3) is 0 Å². The number of carbonyl (C=O) groups excluding carboxylic acids is 1. The molecule has 0 fully saturated rings. The van der Waals surface area contributed by atoms with Crippen LogP contribution in [-0.4, -0.2) is 34.0 Å². The van der Waals surface area contributed by atoms with E-state index in [1.54, 1.807) is 30.3 Å². The monoisotopic (exact) mass is 466 g/mol. The summed E-state index contributed by atoms with van der Waals surface area (Å²) in [7, 11) is -3.92. The Morgan fingerprint density at radius 3 is 2.18 bits per heavy atom. The van der Waals surface area contributed by atoms with Gasteiger partial charge in [0.2, 0.25) is 5.91 Å². The summed E-state index contributed by atoms with van der Waals surface area (Å²) in [6.45, 7) is 8.07. The lowest BCUT2D eigenvalue weighted by molar-refractivity contribution is -0.119. The fourth-order valence-corrected chi connectivity index (χ4v) is 4.91. The first kappa shape index (κ1) is 24.3. The molecule has 174 valence electrons. The highest BCUT2D eigenvalue weighted by atomic mass is 32.2. The molecule has 7 heteroatoms. The van der Waals surface area contributed by atoms with E-state index in [0.29, 0.717) is 5.69 Å². The summed E-state index contributed by atoms with van der Waals surface area (Å²) in [5, 5.41) is 2.76. The third kappa shape index (κ3) is 6.35. The maximum Gasteiger partial charge on any atom is 0.264 e. The third-order valence-electron chi connectivity index (χ3n) is 5.29. The van der Waals surface area contributed by atoms with Gasteiger partial charge in [0.25, 0.3) is 10.0 Å². The zero-order valence-electron chi connectivity index (χ0n) is 19.5. The number of hydrogen-bond donors (Lipinski definition) is 1. The number of sulfonamides is 1. The van der Waals surface area contributed by atoms with Crippen molar-refractivity contribution < 1.29 is 17.9 Å². The Balaban J connectivity index is 1.71. The van der Waals surface area contributed by atoms with Gasteiger partial charge in [-0.05, 0) is 86.3 Å². The van der Waals surface area contributed by atoms with E-state index in [9.17, 15) is 13.2 Å². The summed E-state index contributed by atoms with van der Waals surface area (Å²) in [6, 6.07) is 19.4. The van der Waals surface area contributed by atoms with Crippen LogP contribution >= 0.6 is 0 Å². The molecule has 1 N–H and O–H groups in total. The molecule has 0 aromatic heterocycles. The van der Waals surface area contributed by atoms with Gasteiger partial charge in [-0.15, -0.1) is 0 Å². The fourth-order valence-electron chi connectivity index (χ4n) is 3.48. The second kappa shape index (κ2) is 10.5. The molecule has 0 spiro atoms. The number of amides is 1. The topological polar surface area (TPSA) is 75.7 Å². The quantitative estimate of drug-likeness (QED) is 0.477. The van der Waals surface area contributed by atoms with Crippen LogP contribution in [0.1, 0.15) is 22.3 Å². The molecular weight excluding hydrogens is 436 g/mol. The molecule has 0 saturated heterocycles. The first-order valence-electron chi connectivity index (χ1n) is 10.8. The van der Waals surface area contributed by atoms with Gasteiger partial charge in [-0.2, -0.15) is 0 Å². The fraction of sp³-hybridized carbons (Fsp3) is 0.269. The molecule has 33 heavy (non-hydrogen) atoms. The van der Waals surface area contributed by atoms with E-state index in [4.69, 9.17) is 4.74 Å². The molecule has 3 aromatic carbocycles. The molecule has 0 saturated carbocycles. The van der Waals surface area contributed by atoms with Crippen molar-refractivity contribution in [3.05, 3.63) is 89.0 Å². The lowest BCUT2D eigenvalue weighted by Crippen LogP contribution is -2.42. The number of benzene rings is 3. The number of anilines is 1. The molecule has 0 bridgehead atoms. The Morgan fingerprint density at radius 2 is 1.55 bits per heavy atom. The molecule has 0 aliphatic carbocycles. The van der Waals surface area contributed by atoms with E-state index in [1.807, 2.05) is 45.9 Å². The standard InChI is InChI=1S/C26H30N2O4S/c1-19-14-20(2)16-24(15-19)32-13-12-27-26(29)18-28(23-11-10-21(3)22(4)17-23)33(30,31)25-8-6-5-7-9-25/h5-11,14-17H,12-13,18H2,1-4H3,(H,27,29). The molecular formula is C26H30N2O4S. The van der Waals surface area contributed by atoms with E-state index in [1.165, 1.54) is 12.1 Å². The number of carbonyl (C=O) groups is 1. The van der Waals surface area contributed by atoms with Gasteiger partial charge in [-0.3, -0.25) is 9.10 Å². The average Bonchev–Trinajstić information content (AvgIpc) is 2.77. The number of aryl methyl sites for hydroxylation is 4. The zero-order valence-corrected chi connectivity index (χ0v) is 20.3. The summed E-state index contributed by atoms with van der Waals surface area (Å²) in [5.74, 6) is 0.335. The Labute approximate surface area is 196 Å². The molecule has 0 unspecified atom stereocenters. The molecule has 0 aliphatic heterocycles. The number of hydrogen-bond acceptors (Lipinski definition) is 4. The van der Waals surface area contributed by atoms with Crippen LogP contribution in [0.15, 0.2) is 71.6 Å². The van der Waals surface area contributed by atoms with Gasteiger partial charge in [0.1, 0.15) is 18.9 Å². The minimum Gasteiger partial charge on any atom is -0.492 e. The minimum atomic E-state index is -3.92. The van der Waals surface area contributed by atoms with Crippen molar-refractivity contribution in [2.24, 2.45) is 0 Å². The van der Waals surface area contributed by atoms with Crippen molar-refractivity contribution in [3.63, 3.8) is 0 Å². The van der Waals surface area contributed by atoms with Gasteiger partial charge in [0, 0.05) is 0 Å². The van der Waals surface area contributed by atoms with Gasteiger partial charge in [0.05, 0.1) is 17.1 Å². The maximum atomic E-state index is 13.4. The van der Waals surface area contributed by atoms with Crippen LogP contribution < -0.4 is 14.4 Å². The largest absolute Gasteiger partial charge is 0.492 e. The highest BCUT2D eigenvalue weighted by Crippen LogP contribution is 2.25. The smallest absolute Gasteiger partial charge is 0.264 e. The molecule has 0 aliphatic rings. The first-order valence-corrected chi connectivity index (χ1v) is 12.2. The maximum absolute atomic E-state index is 13.4. The number of nitrogens with zero attached hydrogens (tertiary/aromatic N) is 1. The van der Waals surface area contributed by atoms with Gasteiger partial charge in [0.15, 0.2) is 0 Å². The molecule has 0 atom stereocenters. The highest BCUT2D eigenvalue weighted by Gasteiger charge is 2.27. The molecule has 3 rings (SSSR count). The average molecular weight is 467 g/mol. The van der Waals surface area contributed by atoms with E-state index in [0.717, 1.165) is 32.3 Å². The van der Waals surface area contributed by atoms with Crippen LogP contribution in [0.4, 0.5) is 5.69 Å². The SMILES string of the molecule is Cc1cc(C)cc(OCCNC(=O)CN(c2ccc(C)c(C)c2)S(=O)(=O)c2ccccc2)c1. The van der Waals surface area contributed by atoms with Gasteiger partial charge >= 0.3 is 0 Å². The Morgan fingerprint density at radius 1 is 0.879 bits per heavy atom. The predicted molar refractivity (Wildman–Crippen MR) is 131 cm³/mol. The molecule has 6 nitrogen and oxygen atoms in total. The minimum absolute atomic E-state index is 0.133. The Kier molecular flexibility index (Phi) is 7.76. The van der Waals surface area contributed by atoms with Crippen molar-refractivity contribution >= 4 is 21.6 Å². The van der Waals surface area contributed by atoms with Crippen LogP contribution in [-0.2, 0) is 14.8 Å². The summed E-state index contributed by atoms with van der Waals surface area (Å²) in [5.41, 5.74) is 4.64. The van der Waals surface area contributed by atoms with Gasteiger partial charge < -0.3 is 10.1 Å². The number of rotatable bonds is 9. The summed E-state index contributed by atoms with van der Waals surface area (Å²) >= 11 is 0. The van der Waals surface area contributed by atoms with Gasteiger partial charge in [-0.25, -0.2) is 8.42 Å². The van der Waals surface area contributed by atoms with Crippen molar-refractivity contribution in [1.82, 2.24) is 5.32 Å². The second-order valence-corrected chi connectivity index (χ2v) is 9.98.